The molecule has 0 amide bonds. The zero-order chi connectivity index (χ0) is 13.0. The highest BCUT2D eigenvalue weighted by molar-refractivity contribution is 5.58. The van der Waals surface area contributed by atoms with Gasteiger partial charge in [-0.05, 0) is 26.2 Å². The van der Waals surface area contributed by atoms with Crippen molar-refractivity contribution in [2.24, 2.45) is 0 Å². The third-order valence-corrected chi connectivity index (χ3v) is 3.27. The molecule has 1 aromatic carbocycles. The van der Waals surface area contributed by atoms with Crippen LogP contribution in [0.1, 0.15) is 0 Å². The van der Waals surface area contributed by atoms with Crippen molar-refractivity contribution in [3.8, 4) is 5.75 Å². The summed E-state index contributed by atoms with van der Waals surface area (Å²) in [6.45, 7) is 4.14. The third-order valence-electron chi connectivity index (χ3n) is 3.27. The Morgan fingerprint density at radius 3 is 2.89 bits per heavy atom. The van der Waals surface area contributed by atoms with Gasteiger partial charge in [-0.1, -0.05) is 12.1 Å². The number of nitrogens with one attached hydrogen (secondary N) is 1. The summed E-state index contributed by atoms with van der Waals surface area (Å²) >= 11 is 0. The van der Waals surface area contributed by atoms with Gasteiger partial charge in [0.15, 0.2) is 0 Å². The van der Waals surface area contributed by atoms with E-state index in [1.807, 2.05) is 12.1 Å². The Morgan fingerprint density at radius 1 is 1.39 bits per heavy atom. The number of hydrogen-bond donors (Lipinski definition) is 1. The summed E-state index contributed by atoms with van der Waals surface area (Å²) < 4.78 is 5.44. The first-order valence-electron chi connectivity index (χ1n) is 6.47. The molecular weight excluding hydrogens is 226 g/mol. The van der Waals surface area contributed by atoms with E-state index in [2.05, 4.69) is 41.3 Å². The fourth-order valence-electron chi connectivity index (χ4n) is 2.50. The quantitative estimate of drug-likeness (QED) is 0.863. The molecule has 1 unspecified atom stereocenters. The predicted molar refractivity (Wildman–Crippen MR) is 75.6 cm³/mol. The number of ether oxygens (including phenoxy) is 1. The molecule has 1 aliphatic heterocycles. The molecule has 0 saturated carbocycles. The Kier molecular flexibility index (Phi) is 4.44. The number of piperazine rings is 1. The lowest BCUT2D eigenvalue weighted by Gasteiger charge is -2.36. The van der Waals surface area contributed by atoms with E-state index in [9.17, 15) is 0 Å². The third kappa shape index (κ3) is 3.15. The van der Waals surface area contributed by atoms with E-state index >= 15 is 0 Å². The lowest BCUT2D eigenvalue weighted by atomic mass is 10.1. The summed E-state index contributed by atoms with van der Waals surface area (Å²) in [7, 11) is 5.96. The molecule has 2 rings (SSSR count). The van der Waals surface area contributed by atoms with Crippen molar-refractivity contribution in [3.05, 3.63) is 24.3 Å². The van der Waals surface area contributed by atoms with E-state index in [0.29, 0.717) is 6.04 Å². The van der Waals surface area contributed by atoms with E-state index < -0.39 is 0 Å². The van der Waals surface area contributed by atoms with Gasteiger partial charge in [-0.2, -0.15) is 0 Å². The Morgan fingerprint density at radius 2 is 2.17 bits per heavy atom. The minimum atomic E-state index is 0.513. The number of rotatable bonds is 4. The summed E-state index contributed by atoms with van der Waals surface area (Å²) in [6, 6.07) is 8.76. The monoisotopic (exact) mass is 249 g/mol. The van der Waals surface area contributed by atoms with Crippen LogP contribution in [0.4, 0.5) is 5.69 Å². The van der Waals surface area contributed by atoms with Gasteiger partial charge >= 0.3 is 0 Å². The van der Waals surface area contributed by atoms with Crippen LogP contribution < -0.4 is 15.0 Å². The van der Waals surface area contributed by atoms with Gasteiger partial charge in [0.05, 0.1) is 12.8 Å². The van der Waals surface area contributed by atoms with E-state index in [4.69, 9.17) is 4.74 Å². The van der Waals surface area contributed by atoms with Gasteiger partial charge in [-0.25, -0.2) is 0 Å². The second-order valence-corrected chi connectivity index (χ2v) is 5.03. The highest BCUT2D eigenvalue weighted by atomic mass is 16.5. The van der Waals surface area contributed by atoms with Crippen LogP contribution in [-0.2, 0) is 0 Å². The van der Waals surface area contributed by atoms with Gasteiger partial charge in [0.25, 0.3) is 0 Å². The summed E-state index contributed by atoms with van der Waals surface area (Å²) in [5, 5.41) is 3.56. The Bertz CT molecular complexity index is 381. The van der Waals surface area contributed by atoms with Crippen molar-refractivity contribution in [2.75, 3.05) is 52.3 Å². The van der Waals surface area contributed by atoms with Crippen molar-refractivity contribution in [1.29, 1.82) is 0 Å². The Labute approximate surface area is 110 Å². The fraction of sp³-hybridized carbons (Fsp3) is 0.571. The number of hydrogen-bond acceptors (Lipinski definition) is 4. The molecule has 4 heteroatoms. The minimum Gasteiger partial charge on any atom is -0.495 e. The topological polar surface area (TPSA) is 27.7 Å². The van der Waals surface area contributed by atoms with Crippen LogP contribution in [0.3, 0.4) is 0 Å². The van der Waals surface area contributed by atoms with Crippen molar-refractivity contribution < 1.29 is 4.74 Å². The van der Waals surface area contributed by atoms with Crippen LogP contribution in [0.15, 0.2) is 24.3 Å². The molecule has 0 spiro atoms. The van der Waals surface area contributed by atoms with Crippen LogP contribution in [-0.4, -0.2) is 58.3 Å². The van der Waals surface area contributed by atoms with Gasteiger partial charge < -0.3 is 19.9 Å². The first-order valence-corrected chi connectivity index (χ1v) is 6.47. The second-order valence-electron chi connectivity index (χ2n) is 5.03. The molecule has 1 saturated heterocycles. The van der Waals surface area contributed by atoms with Crippen molar-refractivity contribution in [3.63, 3.8) is 0 Å². The average molecular weight is 249 g/mol. The van der Waals surface area contributed by atoms with Crippen molar-refractivity contribution in [2.45, 2.75) is 6.04 Å². The van der Waals surface area contributed by atoms with Crippen LogP contribution in [0.5, 0.6) is 5.75 Å². The van der Waals surface area contributed by atoms with Gasteiger partial charge in [0.2, 0.25) is 0 Å². The summed E-state index contributed by atoms with van der Waals surface area (Å²) in [5.41, 5.74) is 1.20. The van der Waals surface area contributed by atoms with Crippen LogP contribution in [0.25, 0.3) is 0 Å². The molecule has 1 heterocycles. The van der Waals surface area contributed by atoms with E-state index in [1.54, 1.807) is 7.11 Å². The first-order chi connectivity index (χ1) is 8.70. The van der Waals surface area contributed by atoms with Crippen molar-refractivity contribution in [1.82, 2.24) is 10.2 Å². The first kappa shape index (κ1) is 13.2. The normalized spacial score (nSPS) is 20.2. The zero-order valence-electron chi connectivity index (χ0n) is 11.5. The molecule has 1 fully saturated rings. The van der Waals surface area contributed by atoms with Gasteiger partial charge in [-0.3, -0.25) is 0 Å². The van der Waals surface area contributed by atoms with E-state index in [-0.39, 0.29) is 0 Å². The molecule has 100 valence electrons. The van der Waals surface area contributed by atoms with Crippen LogP contribution in [0.2, 0.25) is 0 Å². The van der Waals surface area contributed by atoms with Gasteiger partial charge in [-0.15, -0.1) is 0 Å². The standard InChI is InChI=1S/C14H23N3O/c1-16(2)10-12-11-17(9-8-15-12)13-6-4-5-7-14(13)18-3/h4-7,12,15H,8-11H2,1-3H3. The number of likely N-dealkylation sites (N-methyl/N-ethyl adjacent to an activating group) is 1. The largest absolute Gasteiger partial charge is 0.495 e. The summed E-state index contributed by atoms with van der Waals surface area (Å²) in [4.78, 5) is 4.63. The molecule has 0 aliphatic carbocycles. The van der Waals surface area contributed by atoms with Gasteiger partial charge in [0.1, 0.15) is 5.75 Å². The van der Waals surface area contributed by atoms with E-state index in [0.717, 1.165) is 31.9 Å². The van der Waals surface area contributed by atoms with Crippen molar-refractivity contribution >= 4 is 5.69 Å². The molecule has 1 aliphatic rings. The lowest BCUT2D eigenvalue weighted by Crippen LogP contribution is -2.54. The maximum atomic E-state index is 5.44. The average Bonchev–Trinajstić information content (AvgIpc) is 2.38. The maximum Gasteiger partial charge on any atom is 0.142 e. The molecule has 1 N–H and O–H groups in total. The number of nitrogens with zero attached hydrogens (tertiary/aromatic N) is 2. The fourth-order valence-corrected chi connectivity index (χ4v) is 2.50. The summed E-state index contributed by atoms with van der Waals surface area (Å²) in [5.74, 6) is 0.961. The maximum absolute atomic E-state index is 5.44. The zero-order valence-corrected chi connectivity index (χ0v) is 11.5. The molecular formula is C14H23N3O. The smallest absolute Gasteiger partial charge is 0.142 e. The molecule has 18 heavy (non-hydrogen) atoms. The van der Waals surface area contributed by atoms with Gasteiger partial charge in [0, 0.05) is 32.2 Å². The molecule has 4 nitrogen and oxygen atoms in total. The molecule has 1 aromatic rings. The summed E-state index contributed by atoms with van der Waals surface area (Å²) in [6.07, 6.45) is 0. The number of benzene rings is 1. The number of anilines is 1. The minimum absolute atomic E-state index is 0.513. The molecule has 1 atom stereocenters. The lowest BCUT2D eigenvalue weighted by molar-refractivity contribution is 0.322. The second kappa shape index (κ2) is 6.07. The predicted octanol–water partition coefficient (Wildman–Crippen LogP) is 1.03. The Hall–Kier alpha value is -1.26. The SMILES string of the molecule is COc1ccccc1N1CCNC(CN(C)C)C1. The highest BCUT2D eigenvalue weighted by Crippen LogP contribution is 2.28. The highest BCUT2D eigenvalue weighted by Gasteiger charge is 2.21. The Balaban J connectivity index is 2.08. The number of para-hydroxylation sites is 2. The molecule has 0 bridgehead atoms. The molecule has 0 radical (unpaired) electrons. The number of methoxy groups -OCH3 is 1. The van der Waals surface area contributed by atoms with Crippen LogP contribution >= 0.6 is 0 Å². The molecule has 0 aromatic heterocycles. The van der Waals surface area contributed by atoms with Crippen LogP contribution in [0, 0.1) is 0 Å². The van der Waals surface area contributed by atoms with E-state index in [1.165, 1.54) is 5.69 Å².